The van der Waals surface area contributed by atoms with Crippen LogP contribution in [-0.4, -0.2) is 24.6 Å². The van der Waals surface area contributed by atoms with Crippen molar-refractivity contribution in [1.82, 2.24) is 24.6 Å². The predicted octanol–water partition coefficient (Wildman–Crippen LogP) is 3.12. The van der Waals surface area contributed by atoms with Gasteiger partial charge in [0.05, 0.1) is 5.69 Å². The molecular formula is C16H10FN5O. The van der Waals surface area contributed by atoms with Crippen LogP contribution in [0.5, 0.6) is 11.6 Å². The van der Waals surface area contributed by atoms with Gasteiger partial charge in [-0.15, -0.1) is 0 Å². The lowest BCUT2D eigenvalue weighted by Crippen LogP contribution is -1.99. The molecule has 6 nitrogen and oxygen atoms in total. The fourth-order valence-electron chi connectivity index (χ4n) is 2.18. The highest BCUT2D eigenvalue weighted by molar-refractivity contribution is 5.62. The Morgan fingerprint density at radius 2 is 1.91 bits per heavy atom. The normalized spacial score (nSPS) is 10.8. The molecule has 0 fully saturated rings. The summed E-state index contributed by atoms with van der Waals surface area (Å²) in [6.45, 7) is 0. The number of aromatic nitrogens is 5. The first-order chi connectivity index (χ1) is 11.3. The summed E-state index contributed by atoms with van der Waals surface area (Å²) in [6.07, 6.45) is 4.64. The van der Waals surface area contributed by atoms with E-state index in [1.807, 2.05) is 0 Å². The molecule has 7 heteroatoms. The number of rotatable bonds is 3. The van der Waals surface area contributed by atoms with Crippen molar-refractivity contribution in [2.75, 3.05) is 0 Å². The number of fused-ring (bicyclic) bond motifs is 1. The van der Waals surface area contributed by atoms with E-state index in [1.165, 1.54) is 23.0 Å². The Labute approximate surface area is 130 Å². The molecule has 23 heavy (non-hydrogen) atoms. The maximum atomic E-state index is 13.5. The van der Waals surface area contributed by atoms with Crippen molar-refractivity contribution in [3.05, 3.63) is 67.0 Å². The molecule has 3 heterocycles. The average molecular weight is 307 g/mol. The highest BCUT2D eigenvalue weighted by Crippen LogP contribution is 2.26. The fourth-order valence-corrected chi connectivity index (χ4v) is 2.18. The van der Waals surface area contributed by atoms with Gasteiger partial charge in [-0.3, -0.25) is 4.98 Å². The summed E-state index contributed by atoms with van der Waals surface area (Å²) in [4.78, 5) is 12.4. The molecule has 0 spiro atoms. The molecule has 1 aromatic carbocycles. The van der Waals surface area contributed by atoms with Crippen LogP contribution in [-0.2, 0) is 0 Å². The van der Waals surface area contributed by atoms with Gasteiger partial charge in [-0.2, -0.15) is 14.6 Å². The molecule has 0 unspecified atom stereocenters. The topological polar surface area (TPSA) is 65.2 Å². The van der Waals surface area contributed by atoms with Crippen molar-refractivity contribution >= 4 is 5.78 Å². The van der Waals surface area contributed by atoms with E-state index in [0.29, 0.717) is 28.7 Å². The minimum Gasteiger partial charge on any atom is -0.439 e. The van der Waals surface area contributed by atoms with Gasteiger partial charge in [0, 0.05) is 24.0 Å². The second kappa shape index (κ2) is 5.45. The molecule has 112 valence electrons. The van der Waals surface area contributed by atoms with Gasteiger partial charge in [0.15, 0.2) is 0 Å². The Kier molecular flexibility index (Phi) is 3.16. The van der Waals surface area contributed by atoms with Gasteiger partial charge < -0.3 is 4.74 Å². The van der Waals surface area contributed by atoms with Crippen LogP contribution in [0.15, 0.2) is 61.2 Å². The van der Waals surface area contributed by atoms with Crippen molar-refractivity contribution in [3.8, 4) is 22.9 Å². The summed E-state index contributed by atoms with van der Waals surface area (Å²) in [5.74, 6) is 1.07. The standard InChI is InChI=1S/C16H10FN5O/c17-12-3-1-2-11(8-12)14-9-15(22-16(21-14)19-10-20-22)23-13-4-6-18-7-5-13/h1-10H. The monoisotopic (exact) mass is 307 g/mol. The SMILES string of the molecule is Fc1cccc(-c2cc(Oc3ccncc3)n3ncnc3n2)c1. The minimum absolute atomic E-state index is 0.331. The van der Waals surface area contributed by atoms with Gasteiger partial charge in [-0.05, 0) is 24.3 Å². The van der Waals surface area contributed by atoms with Crippen molar-refractivity contribution in [2.24, 2.45) is 0 Å². The van der Waals surface area contributed by atoms with Crippen LogP contribution in [0.3, 0.4) is 0 Å². The number of hydrogen-bond acceptors (Lipinski definition) is 5. The second-order valence-corrected chi connectivity index (χ2v) is 4.75. The van der Waals surface area contributed by atoms with E-state index in [-0.39, 0.29) is 5.82 Å². The zero-order valence-corrected chi connectivity index (χ0v) is 11.8. The third-order valence-corrected chi connectivity index (χ3v) is 3.21. The molecule has 3 aromatic heterocycles. The fraction of sp³-hybridized carbons (Fsp3) is 0. The molecule has 0 amide bonds. The van der Waals surface area contributed by atoms with E-state index < -0.39 is 0 Å². The molecule has 0 aliphatic carbocycles. The quantitative estimate of drug-likeness (QED) is 0.582. The number of halogens is 1. The van der Waals surface area contributed by atoms with Gasteiger partial charge in [-0.1, -0.05) is 12.1 Å². The van der Waals surface area contributed by atoms with Crippen LogP contribution < -0.4 is 4.74 Å². The summed E-state index contributed by atoms with van der Waals surface area (Å²) in [6, 6.07) is 11.3. The maximum absolute atomic E-state index is 13.5. The Morgan fingerprint density at radius 3 is 2.74 bits per heavy atom. The molecule has 0 radical (unpaired) electrons. The molecule has 0 atom stereocenters. The van der Waals surface area contributed by atoms with E-state index in [2.05, 4.69) is 20.1 Å². The molecule has 0 aliphatic heterocycles. The average Bonchev–Trinajstić information content (AvgIpc) is 3.05. The zero-order valence-electron chi connectivity index (χ0n) is 11.8. The first-order valence-corrected chi connectivity index (χ1v) is 6.84. The van der Waals surface area contributed by atoms with E-state index in [4.69, 9.17) is 4.74 Å². The predicted molar refractivity (Wildman–Crippen MR) is 80.5 cm³/mol. The van der Waals surface area contributed by atoms with Crippen LogP contribution in [0.2, 0.25) is 0 Å². The Bertz CT molecular complexity index is 971. The highest BCUT2D eigenvalue weighted by atomic mass is 19.1. The number of nitrogens with zero attached hydrogens (tertiary/aromatic N) is 5. The van der Waals surface area contributed by atoms with E-state index >= 15 is 0 Å². The first-order valence-electron chi connectivity index (χ1n) is 6.84. The zero-order chi connectivity index (χ0) is 15.6. The van der Waals surface area contributed by atoms with Gasteiger partial charge >= 0.3 is 0 Å². The summed E-state index contributed by atoms with van der Waals surface area (Å²) in [7, 11) is 0. The lowest BCUT2D eigenvalue weighted by Gasteiger charge is -2.09. The number of hydrogen-bond donors (Lipinski definition) is 0. The third kappa shape index (κ3) is 2.59. The van der Waals surface area contributed by atoms with Crippen LogP contribution in [0.4, 0.5) is 4.39 Å². The molecule has 0 saturated carbocycles. The molecule has 0 saturated heterocycles. The molecule has 0 aliphatic rings. The van der Waals surface area contributed by atoms with Crippen LogP contribution in [0.1, 0.15) is 0 Å². The lowest BCUT2D eigenvalue weighted by molar-refractivity contribution is 0.446. The van der Waals surface area contributed by atoms with Crippen molar-refractivity contribution in [2.45, 2.75) is 0 Å². The summed E-state index contributed by atoms with van der Waals surface area (Å²) < 4.78 is 20.8. The van der Waals surface area contributed by atoms with Crippen molar-refractivity contribution < 1.29 is 9.13 Å². The Morgan fingerprint density at radius 1 is 1.04 bits per heavy atom. The van der Waals surface area contributed by atoms with Crippen LogP contribution in [0, 0.1) is 5.82 Å². The Hall–Kier alpha value is -3.35. The number of pyridine rings is 1. The van der Waals surface area contributed by atoms with E-state index in [1.54, 1.807) is 42.7 Å². The highest BCUT2D eigenvalue weighted by Gasteiger charge is 2.11. The first kappa shape index (κ1) is 13.3. The molecular weight excluding hydrogens is 297 g/mol. The molecule has 0 N–H and O–H groups in total. The van der Waals surface area contributed by atoms with Crippen molar-refractivity contribution in [3.63, 3.8) is 0 Å². The van der Waals surface area contributed by atoms with Crippen LogP contribution >= 0.6 is 0 Å². The van der Waals surface area contributed by atoms with Gasteiger partial charge in [-0.25, -0.2) is 9.37 Å². The van der Waals surface area contributed by atoms with Crippen LogP contribution in [0.25, 0.3) is 17.0 Å². The maximum Gasteiger partial charge on any atom is 0.255 e. The summed E-state index contributed by atoms with van der Waals surface area (Å²) in [5, 5.41) is 4.10. The minimum atomic E-state index is -0.331. The lowest BCUT2D eigenvalue weighted by atomic mass is 10.1. The third-order valence-electron chi connectivity index (χ3n) is 3.21. The molecule has 0 bridgehead atoms. The van der Waals surface area contributed by atoms with Crippen molar-refractivity contribution in [1.29, 1.82) is 0 Å². The number of benzene rings is 1. The largest absolute Gasteiger partial charge is 0.439 e. The number of ether oxygens (including phenoxy) is 1. The van der Waals surface area contributed by atoms with Gasteiger partial charge in [0.25, 0.3) is 5.78 Å². The van der Waals surface area contributed by atoms with Gasteiger partial charge in [0.1, 0.15) is 17.9 Å². The Balaban J connectivity index is 1.84. The van der Waals surface area contributed by atoms with Gasteiger partial charge in [0.2, 0.25) is 5.88 Å². The second-order valence-electron chi connectivity index (χ2n) is 4.75. The smallest absolute Gasteiger partial charge is 0.255 e. The molecule has 4 aromatic rings. The molecule has 4 rings (SSSR count). The summed E-state index contributed by atoms with van der Waals surface area (Å²) in [5.41, 5.74) is 1.18. The summed E-state index contributed by atoms with van der Waals surface area (Å²) >= 11 is 0. The van der Waals surface area contributed by atoms with E-state index in [9.17, 15) is 4.39 Å². The van der Waals surface area contributed by atoms with E-state index in [0.717, 1.165) is 0 Å².